The van der Waals surface area contributed by atoms with E-state index in [2.05, 4.69) is 16.7 Å². The van der Waals surface area contributed by atoms with Gasteiger partial charge in [-0.3, -0.25) is 9.59 Å². The number of rotatable bonds is 5. The molecule has 0 bridgehead atoms. The topological polar surface area (TPSA) is 67.4 Å². The summed E-state index contributed by atoms with van der Waals surface area (Å²) in [5.74, 6) is 0.183. The van der Waals surface area contributed by atoms with Gasteiger partial charge in [0.25, 0.3) is 11.8 Å². The number of nitrogens with one attached hydrogen (secondary N) is 2. The molecule has 0 aliphatic heterocycles. The van der Waals surface area contributed by atoms with Crippen molar-refractivity contribution in [1.29, 1.82) is 0 Å². The lowest BCUT2D eigenvalue weighted by atomic mass is 9.92. The lowest BCUT2D eigenvalue weighted by Gasteiger charge is -2.22. The summed E-state index contributed by atoms with van der Waals surface area (Å²) in [4.78, 5) is 25.3. The zero-order valence-electron chi connectivity index (χ0n) is 17.7. The Morgan fingerprint density at radius 1 is 1.00 bits per heavy atom. The maximum atomic E-state index is 12.7. The summed E-state index contributed by atoms with van der Waals surface area (Å²) < 4.78 is 5.88. The van der Waals surface area contributed by atoms with E-state index in [0.29, 0.717) is 17.0 Å². The molecule has 0 aromatic heterocycles. The van der Waals surface area contributed by atoms with Gasteiger partial charge in [-0.05, 0) is 88.8 Å². The van der Waals surface area contributed by atoms with Crippen LogP contribution in [-0.4, -0.2) is 23.5 Å². The van der Waals surface area contributed by atoms with Gasteiger partial charge in [-0.2, -0.15) is 0 Å². The number of para-hydroxylation sites is 1. The quantitative estimate of drug-likeness (QED) is 0.785. The van der Waals surface area contributed by atoms with Crippen molar-refractivity contribution in [2.45, 2.75) is 65.0 Å². The zero-order valence-corrected chi connectivity index (χ0v) is 17.7. The van der Waals surface area contributed by atoms with E-state index >= 15 is 0 Å². The number of aryl methyl sites for hydroxylation is 2. The SMILES string of the molecule is C[C@H](Oc1ccc2c(c1)CCCC2)C(=O)Nc1ccccc1C(=O)NC(C)(C)C. The zero-order chi connectivity index (χ0) is 21.0. The highest BCUT2D eigenvalue weighted by molar-refractivity contribution is 6.04. The number of carbonyl (C=O) groups excluding carboxylic acids is 2. The predicted octanol–water partition coefficient (Wildman–Crippen LogP) is 4.50. The molecular weight excluding hydrogens is 364 g/mol. The van der Waals surface area contributed by atoms with Crippen LogP contribution in [0.5, 0.6) is 5.75 Å². The molecule has 1 aliphatic rings. The lowest BCUT2D eigenvalue weighted by molar-refractivity contribution is -0.122. The summed E-state index contributed by atoms with van der Waals surface area (Å²) in [6.07, 6.45) is 3.91. The molecule has 0 saturated carbocycles. The van der Waals surface area contributed by atoms with E-state index in [1.165, 1.54) is 24.0 Å². The average molecular weight is 395 g/mol. The van der Waals surface area contributed by atoms with Crippen LogP contribution < -0.4 is 15.4 Å². The van der Waals surface area contributed by atoms with Gasteiger partial charge in [-0.15, -0.1) is 0 Å². The first-order chi connectivity index (χ1) is 13.7. The Balaban J connectivity index is 1.68. The molecule has 0 radical (unpaired) electrons. The Morgan fingerprint density at radius 2 is 1.69 bits per heavy atom. The van der Waals surface area contributed by atoms with Crippen molar-refractivity contribution in [3.8, 4) is 5.75 Å². The van der Waals surface area contributed by atoms with Crippen molar-refractivity contribution < 1.29 is 14.3 Å². The van der Waals surface area contributed by atoms with Gasteiger partial charge in [0.2, 0.25) is 0 Å². The third-order valence-electron chi connectivity index (χ3n) is 4.92. The molecule has 0 heterocycles. The van der Waals surface area contributed by atoms with Gasteiger partial charge in [0.1, 0.15) is 5.75 Å². The normalized spacial score (nSPS) is 14.5. The molecule has 2 N–H and O–H groups in total. The first kappa shape index (κ1) is 20.9. The van der Waals surface area contributed by atoms with E-state index in [1.807, 2.05) is 32.9 Å². The minimum atomic E-state index is -0.685. The average Bonchev–Trinajstić information content (AvgIpc) is 2.67. The van der Waals surface area contributed by atoms with Crippen LogP contribution in [0.15, 0.2) is 42.5 Å². The molecule has 2 aromatic rings. The molecule has 29 heavy (non-hydrogen) atoms. The second-order valence-electron chi connectivity index (χ2n) is 8.64. The fraction of sp³-hybridized carbons (Fsp3) is 0.417. The fourth-order valence-electron chi connectivity index (χ4n) is 3.47. The Kier molecular flexibility index (Phi) is 6.26. The van der Waals surface area contributed by atoms with Crippen molar-refractivity contribution in [3.05, 3.63) is 59.2 Å². The van der Waals surface area contributed by atoms with Gasteiger partial charge in [0.05, 0.1) is 11.3 Å². The van der Waals surface area contributed by atoms with Crippen LogP contribution in [0.4, 0.5) is 5.69 Å². The van der Waals surface area contributed by atoms with E-state index in [9.17, 15) is 9.59 Å². The number of anilines is 1. The van der Waals surface area contributed by atoms with E-state index < -0.39 is 6.10 Å². The number of hydrogen-bond donors (Lipinski definition) is 2. The van der Waals surface area contributed by atoms with Gasteiger partial charge in [-0.25, -0.2) is 0 Å². The van der Waals surface area contributed by atoms with Gasteiger partial charge < -0.3 is 15.4 Å². The maximum absolute atomic E-state index is 12.7. The second kappa shape index (κ2) is 8.68. The summed E-state index contributed by atoms with van der Waals surface area (Å²) in [6.45, 7) is 7.47. The van der Waals surface area contributed by atoms with Crippen LogP contribution in [0.1, 0.15) is 62.0 Å². The maximum Gasteiger partial charge on any atom is 0.265 e. The van der Waals surface area contributed by atoms with Crippen LogP contribution in [0.2, 0.25) is 0 Å². The van der Waals surface area contributed by atoms with Gasteiger partial charge in [0.15, 0.2) is 6.10 Å². The van der Waals surface area contributed by atoms with E-state index in [0.717, 1.165) is 12.8 Å². The Labute approximate surface area is 172 Å². The monoisotopic (exact) mass is 394 g/mol. The summed E-state index contributed by atoms with van der Waals surface area (Å²) in [6, 6.07) is 13.1. The molecule has 5 nitrogen and oxygen atoms in total. The van der Waals surface area contributed by atoms with Crippen molar-refractivity contribution in [2.75, 3.05) is 5.32 Å². The summed E-state index contributed by atoms with van der Waals surface area (Å²) in [5, 5.41) is 5.76. The highest BCUT2D eigenvalue weighted by Gasteiger charge is 2.21. The Bertz CT molecular complexity index is 899. The smallest absolute Gasteiger partial charge is 0.265 e. The minimum Gasteiger partial charge on any atom is -0.481 e. The number of hydrogen-bond acceptors (Lipinski definition) is 3. The Morgan fingerprint density at radius 3 is 2.41 bits per heavy atom. The van der Waals surface area contributed by atoms with E-state index in [-0.39, 0.29) is 17.4 Å². The first-order valence-corrected chi connectivity index (χ1v) is 10.2. The molecule has 3 rings (SSSR count). The van der Waals surface area contributed by atoms with Gasteiger partial charge in [-0.1, -0.05) is 18.2 Å². The highest BCUT2D eigenvalue weighted by Crippen LogP contribution is 2.26. The van der Waals surface area contributed by atoms with Crippen molar-refractivity contribution in [2.24, 2.45) is 0 Å². The van der Waals surface area contributed by atoms with Gasteiger partial charge in [0, 0.05) is 5.54 Å². The number of fused-ring (bicyclic) bond motifs is 1. The van der Waals surface area contributed by atoms with Crippen LogP contribution in [-0.2, 0) is 17.6 Å². The molecule has 1 atom stereocenters. The van der Waals surface area contributed by atoms with E-state index in [4.69, 9.17) is 4.74 Å². The summed E-state index contributed by atoms with van der Waals surface area (Å²) in [5.41, 5.74) is 3.22. The molecule has 0 spiro atoms. The second-order valence-corrected chi connectivity index (χ2v) is 8.64. The predicted molar refractivity (Wildman–Crippen MR) is 115 cm³/mol. The van der Waals surface area contributed by atoms with Crippen LogP contribution >= 0.6 is 0 Å². The molecular formula is C24H30N2O3. The van der Waals surface area contributed by atoms with Crippen molar-refractivity contribution in [1.82, 2.24) is 5.32 Å². The number of carbonyl (C=O) groups is 2. The third kappa shape index (κ3) is 5.59. The third-order valence-corrected chi connectivity index (χ3v) is 4.92. The van der Waals surface area contributed by atoms with Crippen LogP contribution in [0.3, 0.4) is 0 Å². The number of benzene rings is 2. The molecule has 2 amide bonds. The number of ether oxygens (including phenoxy) is 1. The molecule has 0 fully saturated rings. The Hall–Kier alpha value is -2.82. The van der Waals surface area contributed by atoms with Crippen LogP contribution in [0, 0.1) is 0 Å². The highest BCUT2D eigenvalue weighted by atomic mass is 16.5. The summed E-state index contributed by atoms with van der Waals surface area (Å²) in [7, 11) is 0. The summed E-state index contributed by atoms with van der Waals surface area (Å²) >= 11 is 0. The molecule has 0 saturated heterocycles. The van der Waals surface area contributed by atoms with Gasteiger partial charge >= 0.3 is 0 Å². The number of amides is 2. The molecule has 0 unspecified atom stereocenters. The van der Waals surface area contributed by atoms with Crippen molar-refractivity contribution >= 4 is 17.5 Å². The fourth-order valence-corrected chi connectivity index (χ4v) is 3.47. The van der Waals surface area contributed by atoms with Crippen LogP contribution in [0.25, 0.3) is 0 Å². The molecule has 5 heteroatoms. The minimum absolute atomic E-state index is 0.225. The van der Waals surface area contributed by atoms with Crippen molar-refractivity contribution in [3.63, 3.8) is 0 Å². The first-order valence-electron chi connectivity index (χ1n) is 10.2. The largest absolute Gasteiger partial charge is 0.481 e. The molecule has 1 aliphatic carbocycles. The molecule has 154 valence electrons. The van der Waals surface area contributed by atoms with E-state index in [1.54, 1.807) is 31.2 Å². The lowest BCUT2D eigenvalue weighted by Crippen LogP contribution is -2.41. The molecule has 2 aromatic carbocycles. The standard InChI is InChI=1S/C24H30N2O3/c1-16(29-19-14-13-17-9-5-6-10-18(17)15-19)22(27)25-21-12-8-7-11-20(21)23(28)26-24(2,3)4/h7-8,11-16H,5-6,9-10H2,1-4H3,(H,25,27)(H,26,28)/t16-/m0/s1.